The molecule has 1 aliphatic carbocycles. The highest BCUT2D eigenvalue weighted by molar-refractivity contribution is 7.18. The lowest BCUT2D eigenvalue weighted by Gasteiger charge is -2.20. The highest BCUT2D eigenvalue weighted by Gasteiger charge is 2.32. The van der Waals surface area contributed by atoms with Crippen LogP contribution in [0.3, 0.4) is 0 Å². The third kappa shape index (κ3) is 4.87. The molecule has 1 fully saturated rings. The van der Waals surface area contributed by atoms with Crippen LogP contribution in [0.4, 0.5) is 5.82 Å². The number of carbonyl (C=O) groups excluding carboxylic acids is 2. The van der Waals surface area contributed by atoms with E-state index in [9.17, 15) is 9.59 Å². The van der Waals surface area contributed by atoms with Crippen molar-refractivity contribution in [1.82, 2.24) is 25.9 Å². The number of hydrogen-bond acceptors (Lipinski definition) is 7. The van der Waals surface area contributed by atoms with Gasteiger partial charge in [0.1, 0.15) is 11.9 Å². The zero-order chi connectivity index (χ0) is 23.8. The van der Waals surface area contributed by atoms with Gasteiger partial charge in [-0.3, -0.25) is 9.59 Å². The van der Waals surface area contributed by atoms with Crippen molar-refractivity contribution in [1.29, 1.82) is 0 Å². The average molecular weight is 499 g/mol. The Morgan fingerprint density at radius 1 is 1.29 bits per heavy atom. The van der Waals surface area contributed by atoms with E-state index >= 15 is 0 Å². The van der Waals surface area contributed by atoms with Crippen molar-refractivity contribution in [3.8, 4) is 0 Å². The second kappa shape index (κ2) is 9.48. The summed E-state index contributed by atoms with van der Waals surface area (Å²) in [6.07, 6.45) is 3.08. The minimum absolute atomic E-state index is 0.104. The van der Waals surface area contributed by atoms with Crippen LogP contribution in [-0.4, -0.2) is 40.4 Å². The molecule has 34 heavy (non-hydrogen) atoms. The van der Waals surface area contributed by atoms with Gasteiger partial charge in [0.25, 0.3) is 0 Å². The van der Waals surface area contributed by atoms with Gasteiger partial charge in [0.2, 0.25) is 11.8 Å². The van der Waals surface area contributed by atoms with Crippen LogP contribution in [0.1, 0.15) is 42.1 Å². The number of pyridine rings is 1. The van der Waals surface area contributed by atoms with Crippen LogP contribution in [-0.2, 0) is 22.4 Å². The van der Waals surface area contributed by atoms with Crippen molar-refractivity contribution in [3.63, 3.8) is 0 Å². The lowest BCUT2D eigenvalue weighted by atomic mass is 10.0. The summed E-state index contributed by atoms with van der Waals surface area (Å²) in [6.45, 7) is 2.45. The molecule has 1 aromatic carbocycles. The predicted molar refractivity (Wildman–Crippen MR) is 134 cm³/mol. The normalized spacial score (nSPS) is 22.5. The zero-order valence-corrected chi connectivity index (χ0v) is 20.4. The molecule has 1 saturated heterocycles. The molecule has 8 nitrogen and oxygen atoms in total. The first-order valence-corrected chi connectivity index (χ1v) is 12.7. The van der Waals surface area contributed by atoms with Gasteiger partial charge in [-0.2, -0.15) is 0 Å². The first-order valence-electron chi connectivity index (χ1n) is 11.5. The fourth-order valence-corrected chi connectivity index (χ4v) is 5.98. The Hall–Kier alpha value is -2.75. The molecule has 5 rings (SSSR count). The predicted octanol–water partition coefficient (Wildman–Crippen LogP) is 2.76. The van der Waals surface area contributed by atoms with Crippen molar-refractivity contribution < 1.29 is 9.59 Å². The number of hydrogen-bond donors (Lipinski definition) is 4. The number of fused-ring (bicyclic) bond motifs is 2. The smallest absolute Gasteiger partial charge is 0.242 e. The molecule has 1 unspecified atom stereocenters. The molecule has 3 aromatic rings. The SMILES string of the molecule is C[C@H](NC(=O)[C@H]1C[C@H](Cc2nc3cc(Cl)ccc3s2)CN1)C(=O)NC1CCc2nc(N)ccc21. The van der Waals surface area contributed by atoms with Gasteiger partial charge in [-0.15, -0.1) is 11.3 Å². The number of nitrogens with one attached hydrogen (secondary N) is 3. The summed E-state index contributed by atoms with van der Waals surface area (Å²) >= 11 is 7.73. The van der Waals surface area contributed by atoms with Gasteiger partial charge in [-0.05, 0) is 68.5 Å². The summed E-state index contributed by atoms with van der Waals surface area (Å²) < 4.78 is 1.11. The number of aromatic nitrogens is 2. The molecule has 2 amide bonds. The van der Waals surface area contributed by atoms with E-state index in [-0.39, 0.29) is 23.9 Å². The molecule has 2 aliphatic rings. The fourth-order valence-electron chi connectivity index (χ4n) is 4.76. The maximum absolute atomic E-state index is 12.8. The number of halogens is 1. The van der Waals surface area contributed by atoms with Gasteiger partial charge in [-0.25, -0.2) is 9.97 Å². The number of nitrogen functional groups attached to an aromatic ring is 1. The van der Waals surface area contributed by atoms with E-state index in [1.165, 1.54) is 0 Å². The first kappa shape index (κ1) is 23.0. The summed E-state index contributed by atoms with van der Waals surface area (Å²) in [5.41, 5.74) is 8.60. The third-order valence-corrected chi connectivity index (χ3v) is 7.83. The number of carbonyl (C=O) groups is 2. The monoisotopic (exact) mass is 498 g/mol. The number of thiazole rings is 1. The minimum atomic E-state index is -0.631. The Balaban J connectivity index is 1.12. The summed E-state index contributed by atoms with van der Waals surface area (Å²) in [5, 5.41) is 10.9. The molecule has 2 aromatic heterocycles. The quantitative estimate of drug-likeness (QED) is 0.414. The number of benzene rings is 1. The van der Waals surface area contributed by atoms with Crippen LogP contribution in [0.25, 0.3) is 10.2 Å². The molecule has 3 heterocycles. The van der Waals surface area contributed by atoms with E-state index in [0.717, 1.165) is 52.3 Å². The topological polar surface area (TPSA) is 122 Å². The van der Waals surface area contributed by atoms with E-state index in [1.807, 2.05) is 24.3 Å². The Morgan fingerprint density at radius 3 is 3.00 bits per heavy atom. The molecule has 178 valence electrons. The zero-order valence-electron chi connectivity index (χ0n) is 18.8. The first-order chi connectivity index (χ1) is 16.4. The molecule has 5 N–H and O–H groups in total. The summed E-state index contributed by atoms with van der Waals surface area (Å²) in [4.78, 5) is 34.6. The van der Waals surface area contributed by atoms with Gasteiger partial charge < -0.3 is 21.7 Å². The number of amides is 2. The lowest BCUT2D eigenvalue weighted by Crippen LogP contribution is -2.50. The molecule has 0 saturated carbocycles. The van der Waals surface area contributed by atoms with Gasteiger partial charge in [0.05, 0.1) is 27.3 Å². The number of anilines is 1. The van der Waals surface area contributed by atoms with Crippen molar-refractivity contribution in [3.05, 3.63) is 51.6 Å². The largest absolute Gasteiger partial charge is 0.384 e. The maximum Gasteiger partial charge on any atom is 0.242 e. The van der Waals surface area contributed by atoms with Crippen LogP contribution in [0.5, 0.6) is 0 Å². The van der Waals surface area contributed by atoms with Crippen LogP contribution in [0, 0.1) is 5.92 Å². The number of nitrogens with zero attached hydrogens (tertiary/aromatic N) is 2. The molecule has 1 aliphatic heterocycles. The van der Waals surface area contributed by atoms with Crippen LogP contribution < -0.4 is 21.7 Å². The molecular formula is C24H27ClN6O2S. The Bertz CT molecular complexity index is 1250. The molecule has 10 heteroatoms. The van der Waals surface area contributed by atoms with Crippen LogP contribution >= 0.6 is 22.9 Å². The van der Waals surface area contributed by atoms with Crippen molar-refractivity contribution in [2.75, 3.05) is 12.3 Å². The van der Waals surface area contributed by atoms with Crippen molar-refractivity contribution in [2.45, 2.75) is 50.7 Å². The Kier molecular flexibility index (Phi) is 6.42. The van der Waals surface area contributed by atoms with Crippen LogP contribution in [0.2, 0.25) is 5.02 Å². The lowest BCUT2D eigenvalue weighted by molar-refractivity contribution is -0.129. The molecule has 0 bridgehead atoms. The highest BCUT2D eigenvalue weighted by atomic mass is 35.5. The van der Waals surface area contributed by atoms with Crippen molar-refractivity contribution >= 4 is 50.8 Å². The van der Waals surface area contributed by atoms with E-state index in [2.05, 4.69) is 25.9 Å². The maximum atomic E-state index is 12.8. The van der Waals surface area contributed by atoms with Crippen molar-refractivity contribution in [2.24, 2.45) is 5.92 Å². The molecule has 4 atom stereocenters. The molecule has 0 radical (unpaired) electrons. The van der Waals surface area contributed by atoms with E-state index < -0.39 is 6.04 Å². The summed E-state index contributed by atoms with van der Waals surface area (Å²) in [5.74, 6) is 0.445. The summed E-state index contributed by atoms with van der Waals surface area (Å²) in [6, 6.07) is 8.36. The summed E-state index contributed by atoms with van der Waals surface area (Å²) in [7, 11) is 0. The molecular weight excluding hydrogens is 472 g/mol. The third-order valence-electron chi connectivity index (χ3n) is 6.54. The number of aryl methyl sites for hydroxylation is 1. The second-order valence-electron chi connectivity index (χ2n) is 9.09. The number of rotatable bonds is 6. The highest BCUT2D eigenvalue weighted by Crippen LogP contribution is 2.31. The Labute approximate surface area is 206 Å². The van der Waals surface area contributed by atoms with Crippen LogP contribution in [0.15, 0.2) is 30.3 Å². The minimum Gasteiger partial charge on any atom is -0.384 e. The van der Waals surface area contributed by atoms with Gasteiger partial charge in [0.15, 0.2) is 0 Å². The second-order valence-corrected chi connectivity index (χ2v) is 10.6. The number of nitrogens with two attached hydrogens (primary N) is 1. The Morgan fingerprint density at radius 2 is 2.15 bits per heavy atom. The van der Waals surface area contributed by atoms with E-state index in [0.29, 0.717) is 23.2 Å². The van der Waals surface area contributed by atoms with Gasteiger partial charge in [0, 0.05) is 17.1 Å². The van der Waals surface area contributed by atoms with Gasteiger partial charge >= 0.3 is 0 Å². The standard InChI is InChI=1S/C24H27ClN6O2S/c1-12(23(32)31-17-5-4-16-15(17)3-7-21(26)29-16)28-24(33)19-8-13(11-27-19)9-22-30-18-10-14(25)2-6-20(18)34-22/h2-3,6-7,10,12-13,17,19,27H,4-5,8-9,11H2,1H3,(H2,26,29)(H,28,33)(H,31,32)/t12-,13+,17?,19+/m0/s1. The molecule has 0 spiro atoms. The fraction of sp³-hybridized carbons (Fsp3) is 0.417. The van der Waals surface area contributed by atoms with E-state index in [1.54, 1.807) is 24.3 Å². The van der Waals surface area contributed by atoms with Gasteiger partial charge in [-0.1, -0.05) is 17.7 Å². The average Bonchev–Trinajstić information content (AvgIpc) is 3.52. The van der Waals surface area contributed by atoms with E-state index in [4.69, 9.17) is 17.3 Å².